The summed E-state index contributed by atoms with van der Waals surface area (Å²) in [5.41, 5.74) is 8.63. The van der Waals surface area contributed by atoms with Gasteiger partial charge >= 0.3 is 5.97 Å². The molecule has 2 aromatic heterocycles. The maximum Gasteiger partial charge on any atom is 0.357 e. The number of nitrogens with zero attached hydrogens (tertiary/aromatic N) is 3. The zero-order chi connectivity index (χ0) is 18.1. The molecule has 3 rings (SSSR count). The average Bonchev–Trinajstić information content (AvgIpc) is 3.14. The number of rotatable bonds is 3. The monoisotopic (exact) mass is 336 g/mol. The molecular formula is C18H16N4O3. The molecule has 2 N–H and O–H groups in total. The molecule has 1 aromatic carbocycles. The van der Waals surface area contributed by atoms with Crippen LogP contribution < -0.4 is 5.73 Å². The zero-order valence-corrected chi connectivity index (χ0v) is 14.0. The molecule has 0 aliphatic heterocycles. The van der Waals surface area contributed by atoms with Gasteiger partial charge in [-0.1, -0.05) is 0 Å². The van der Waals surface area contributed by atoms with Gasteiger partial charge in [0.1, 0.15) is 11.8 Å². The van der Waals surface area contributed by atoms with Crippen LogP contribution in [0.25, 0.3) is 17.1 Å². The fourth-order valence-electron chi connectivity index (χ4n) is 2.48. The Labute approximate surface area is 144 Å². The van der Waals surface area contributed by atoms with E-state index in [1.807, 2.05) is 32.0 Å². The van der Waals surface area contributed by atoms with E-state index in [1.165, 1.54) is 17.9 Å². The minimum Gasteiger partial charge on any atom is -0.464 e. The van der Waals surface area contributed by atoms with E-state index >= 15 is 0 Å². The summed E-state index contributed by atoms with van der Waals surface area (Å²) >= 11 is 0. The van der Waals surface area contributed by atoms with Gasteiger partial charge in [-0.3, -0.25) is 0 Å². The number of esters is 1. The molecule has 0 saturated heterocycles. The van der Waals surface area contributed by atoms with Crippen molar-refractivity contribution < 1.29 is 13.9 Å². The van der Waals surface area contributed by atoms with Crippen LogP contribution in [0.3, 0.4) is 0 Å². The van der Waals surface area contributed by atoms with Crippen molar-refractivity contribution in [1.82, 2.24) is 9.55 Å². The molecule has 3 aromatic rings. The Bertz CT molecular complexity index is 971. The number of ether oxygens (including phenoxy) is 1. The molecule has 0 radical (unpaired) electrons. The number of hydrogen-bond acceptors (Lipinski definition) is 6. The first-order valence-corrected chi connectivity index (χ1v) is 7.50. The number of oxazole rings is 1. The molecule has 126 valence electrons. The lowest BCUT2D eigenvalue weighted by Gasteiger charge is -2.08. The van der Waals surface area contributed by atoms with Crippen molar-refractivity contribution in [3.05, 3.63) is 53.2 Å². The van der Waals surface area contributed by atoms with Gasteiger partial charge < -0.3 is 19.5 Å². The molecule has 0 spiro atoms. The summed E-state index contributed by atoms with van der Waals surface area (Å²) in [6.07, 6.45) is 1.51. The first-order valence-electron chi connectivity index (χ1n) is 7.50. The van der Waals surface area contributed by atoms with Gasteiger partial charge in [0.25, 0.3) is 0 Å². The van der Waals surface area contributed by atoms with Crippen LogP contribution in [-0.2, 0) is 4.74 Å². The summed E-state index contributed by atoms with van der Waals surface area (Å²) in [6.45, 7) is 3.74. The van der Waals surface area contributed by atoms with Crippen molar-refractivity contribution >= 4 is 11.7 Å². The molecule has 0 saturated carbocycles. The molecule has 0 aliphatic carbocycles. The molecule has 2 heterocycles. The first kappa shape index (κ1) is 16.3. The van der Waals surface area contributed by atoms with Crippen molar-refractivity contribution in [3.63, 3.8) is 0 Å². The van der Waals surface area contributed by atoms with E-state index in [9.17, 15) is 4.79 Å². The Morgan fingerprint density at radius 1 is 1.32 bits per heavy atom. The maximum atomic E-state index is 12.0. The molecule has 7 nitrogen and oxygen atoms in total. The molecule has 0 unspecified atom stereocenters. The minimum atomic E-state index is -0.609. The molecule has 25 heavy (non-hydrogen) atoms. The number of carbonyl (C=O) groups is 1. The maximum absolute atomic E-state index is 12.0. The van der Waals surface area contributed by atoms with Crippen molar-refractivity contribution in [1.29, 1.82) is 5.26 Å². The van der Waals surface area contributed by atoms with Crippen molar-refractivity contribution in [2.24, 2.45) is 0 Å². The number of hydrogen-bond donors (Lipinski definition) is 1. The Morgan fingerprint density at radius 3 is 2.52 bits per heavy atom. The second-order valence-corrected chi connectivity index (χ2v) is 5.49. The number of anilines is 1. The lowest BCUT2D eigenvalue weighted by atomic mass is 10.2. The van der Waals surface area contributed by atoms with E-state index < -0.39 is 5.97 Å². The predicted octanol–water partition coefficient (Wildman–Crippen LogP) is 2.99. The normalized spacial score (nSPS) is 10.5. The van der Waals surface area contributed by atoms with Crippen LogP contribution in [0.2, 0.25) is 0 Å². The Balaban J connectivity index is 2.06. The largest absolute Gasteiger partial charge is 0.464 e. The quantitative estimate of drug-likeness (QED) is 0.737. The highest BCUT2D eigenvalue weighted by Gasteiger charge is 2.21. The molecule has 7 heteroatoms. The molecule has 0 amide bonds. The summed E-state index contributed by atoms with van der Waals surface area (Å²) < 4.78 is 11.9. The number of nitrogens with two attached hydrogens (primary N) is 1. The Morgan fingerprint density at radius 2 is 2.00 bits per heavy atom. The van der Waals surface area contributed by atoms with Crippen molar-refractivity contribution in [2.45, 2.75) is 13.8 Å². The topological polar surface area (TPSA) is 107 Å². The lowest BCUT2D eigenvalue weighted by Crippen LogP contribution is -2.11. The highest BCUT2D eigenvalue weighted by atomic mass is 16.5. The van der Waals surface area contributed by atoms with Gasteiger partial charge in [0.2, 0.25) is 5.89 Å². The Kier molecular flexibility index (Phi) is 4.03. The number of nitriles is 1. The predicted molar refractivity (Wildman–Crippen MR) is 91.2 cm³/mol. The van der Waals surface area contributed by atoms with Crippen LogP contribution in [0.15, 0.2) is 34.9 Å². The fraction of sp³-hybridized carbons (Fsp3) is 0.167. The van der Waals surface area contributed by atoms with Crippen LogP contribution in [0.4, 0.5) is 5.69 Å². The minimum absolute atomic E-state index is 0.0948. The van der Waals surface area contributed by atoms with E-state index in [1.54, 1.807) is 12.1 Å². The third kappa shape index (κ3) is 2.74. The molecule has 0 aliphatic rings. The van der Waals surface area contributed by atoms with Crippen LogP contribution in [0, 0.1) is 25.2 Å². The van der Waals surface area contributed by atoms with Gasteiger partial charge in [-0.05, 0) is 38.1 Å². The van der Waals surface area contributed by atoms with Crippen LogP contribution in [0.1, 0.15) is 27.5 Å². The molecule has 0 bridgehead atoms. The van der Waals surface area contributed by atoms with Crippen molar-refractivity contribution in [3.8, 4) is 23.2 Å². The highest BCUT2D eigenvalue weighted by Crippen LogP contribution is 2.27. The standard InChI is InChI=1S/C18H16N4O3/c1-10-11(2)25-17(21-10)12-4-6-14(7-5-12)22-9-13(8-19)15(20)16(22)18(23)24-3/h4-7,9H,20H2,1-3H3. The summed E-state index contributed by atoms with van der Waals surface area (Å²) in [7, 11) is 1.27. The van der Waals surface area contributed by atoms with Crippen LogP contribution in [0.5, 0.6) is 0 Å². The number of methoxy groups -OCH3 is 1. The third-order valence-corrected chi connectivity index (χ3v) is 3.96. The van der Waals surface area contributed by atoms with E-state index in [4.69, 9.17) is 20.1 Å². The number of benzene rings is 1. The van der Waals surface area contributed by atoms with Crippen LogP contribution in [-0.4, -0.2) is 22.6 Å². The van der Waals surface area contributed by atoms with Gasteiger partial charge in [-0.2, -0.15) is 5.26 Å². The van der Waals surface area contributed by atoms with E-state index in [2.05, 4.69) is 4.98 Å². The second kappa shape index (κ2) is 6.17. The average molecular weight is 336 g/mol. The fourth-order valence-corrected chi connectivity index (χ4v) is 2.48. The zero-order valence-electron chi connectivity index (χ0n) is 14.0. The molecule has 0 atom stereocenters. The lowest BCUT2D eigenvalue weighted by molar-refractivity contribution is 0.0593. The number of aryl methyl sites for hydroxylation is 2. The van der Waals surface area contributed by atoms with Gasteiger partial charge in [0.05, 0.1) is 24.1 Å². The van der Waals surface area contributed by atoms with E-state index in [0.717, 1.165) is 17.0 Å². The molecule has 0 fully saturated rings. The van der Waals surface area contributed by atoms with Gasteiger partial charge in [0.15, 0.2) is 5.69 Å². The second-order valence-electron chi connectivity index (χ2n) is 5.49. The van der Waals surface area contributed by atoms with Gasteiger partial charge in [0, 0.05) is 17.4 Å². The van der Waals surface area contributed by atoms with Crippen molar-refractivity contribution in [2.75, 3.05) is 12.8 Å². The Hall–Kier alpha value is -3.53. The van der Waals surface area contributed by atoms with E-state index in [0.29, 0.717) is 11.6 Å². The summed E-state index contributed by atoms with van der Waals surface area (Å²) in [5, 5.41) is 9.16. The van der Waals surface area contributed by atoms with Gasteiger partial charge in [-0.25, -0.2) is 9.78 Å². The highest BCUT2D eigenvalue weighted by molar-refractivity contribution is 5.96. The number of carbonyl (C=O) groups excluding carboxylic acids is 1. The van der Waals surface area contributed by atoms with Gasteiger partial charge in [-0.15, -0.1) is 0 Å². The molecular weight excluding hydrogens is 320 g/mol. The van der Waals surface area contributed by atoms with E-state index in [-0.39, 0.29) is 16.9 Å². The SMILES string of the molecule is COC(=O)c1c(N)c(C#N)cn1-c1ccc(-c2nc(C)c(C)o2)cc1. The summed E-state index contributed by atoms with van der Waals surface area (Å²) in [4.78, 5) is 16.4. The summed E-state index contributed by atoms with van der Waals surface area (Å²) in [6, 6.07) is 9.20. The third-order valence-electron chi connectivity index (χ3n) is 3.96. The summed E-state index contributed by atoms with van der Waals surface area (Å²) in [5.74, 6) is 0.686. The van der Waals surface area contributed by atoms with Crippen LogP contribution >= 0.6 is 0 Å². The number of nitrogen functional groups attached to an aromatic ring is 1. The first-order chi connectivity index (χ1) is 12.0. The number of aromatic nitrogens is 2. The smallest absolute Gasteiger partial charge is 0.357 e.